The van der Waals surface area contributed by atoms with Crippen molar-refractivity contribution in [2.45, 2.75) is 18.2 Å². The van der Waals surface area contributed by atoms with Gasteiger partial charge in [-0.2, -0.15) is 0 Å². The standard InChI is InChI=1S/C35H27N3O7/c1-44-28-19-17-24(38(42)43)20-27(28)37-33(39)29-26-18-16-21-10-8-9-15-25(21)36(26)31(30(29)34(37)40)35(41)45-32(22-11-4-2-5-12-22)23-13-6-3-7-14-23/h2-20,26,29-32H,1H3/t26-,29+,30+,31-/m0/s1. The molecule has 4 aromatic rings. The number of nitrogens with zero attached hydrogens (tertiary/aromatic N) is 3. The summed E-state index contributed by atoms with van der Waals surface area (Å²) < 4.78 is 11.7. The van der Waals surface area contributed by atoms with Crippen molar-refractivity contribution in [1.29, 1.82) is 0 Å². The van der Waals surface area contributed by atoms with Crippen LogP contribution in [0, 0.1) is 22.0 Å². The average Bonchev–Trinajstić information content (AvgIpc) is 3.56. The Morgan fingerprint density at radius 1 is 0.822 bits per heavy atom. The lowest BCUT2D eigenvalue weighted by atomic mass is 9.88. The summed E-state index contributed by atoms with van der Waals surface area (Å²) in [6.07, 6.45) is 2.94. The zero-order chi connectivity index (χ0) is 31.2. The van der Waals surface area contributed by atoms with Crippen LogP contribution in [0.5, 0.6) is 5.75 Å². The van der Waals surface area contributed by atoms with Gasteiger partial charge in [-0.25, -0.2) is 9.69 Å². The first-order valence-corrected chi connectivity index (χ1v) is 14.4. The molecule has 4 aromatic carbocycles. The van der Waals surface area contributed by atoms with Crippen molar-refractivity contribution < 1.29 is 28.8 Å². The highest BCUT2D eigenvalue weighted by Crippen LogP contribution is 2.51. The molecule has 0 saturated carbocycles. The Balaban J connectivity index is 1.33. The fraction of sp³-hybridized carbons (Fsp3) is 0.171. The summed E-state index contributed by atoms with van der Waals surface area (Å²) in [5, 5.41) is 11.6. The maximum absolute atomic E-state index is 14.5. The second-order valence-electron chi connectivity index (χ2n) is 11.1. The van der Waals surface area contributed by atoms with Gasteiger partial charge in [0.25, 0.3) is 5.69 Å². The summed E-state index contributed by atoms with van der Waals surface area (Å²) in [5.74, 6) is -3.83. The Labute approximate surface area is 258 Å². The molecule has 2 amide bonds. The average molecular weight is 602 g/mol. The van der Waals surface area contributed by atoms with Crippen molar-refractivity contribution in [2.24, 2.45) is 11.8 Å². The Bertz CT molecular complexity index is 1820. The molecule has 7 rings (SSSR count). The molecule has 0 bridgehead atoms. The number of non-ortho nitro benzene ring substituents is 1. The van der Waals surface area contributed by atoms with Crippen LogP contribution >= 0.6 is 0 Å². The molecule has 0 spiro atoms. The Morgan fingerprint density at radius 2 is 1.44 bits per heavy atom. The van der Waals surface area contributed by atoms with Crippen LogP contribution in [-0.4, -0.2) is 41.9 Å². The van der Waals surface area contributed by atoms with Crippen molar-refractivity contribution in [3.8, 4) is 5.75 Å². The second kappa shape index (κ2) is 11.1. The fourth-order valence-electron chi connectivity index (χ4n) is 6.76. The molecule has 10 nitrogen and oxygen atoms in total. The van der Waals surface area contributed by atoms with E-state index in [0.29, 0.717) is 5.69 Å². The number of carbonyl (C=O) groups excluding carboxylic acids is 3. The van der Waals surface area contributed by atoms with Gasteiger partial charge < -0.3 is 14.4 Å². The van der Waals surface area contributed by atoms with E-state index in [9.17, 15) is 24.5 Å². The summed E-state index contributed by atoms with van der Waals surface area (Å²) in [4.78, 5) is 56.8. The molecule has 224 valence electrons. The van der Waals surface area contributed by atoms with Gasteiger partial charge in [0.1, 0.15) is 17.5 Å². The number of amides is 2. The third-order valence-corrected chi connectivity index (χ3v) is 8.71. The van der Waals surface area contributed by atoms with Gasteiger partial charge in [0, 0.05) is 17.8 Å². The van der Waals surface area contributed by atoms with Gasteiger partial charge in [-0.1, -0.05) is 91.0 Å². The molecule has 2 saturated heterocycles. The lowest BCUT2D eigenvalue weighted by Crippen LogP contribution is -2.49. The summed E-state index contributed by atoms with van der Waals surface area (Å²) in [7, 11) is 1.35. The first kappa shape index (κ1) is 28.0. The number of ether oxygens (including phenoxy) is 2. The van der Waals surface area contributed by atoms with Crippen molar-refractivity contribution in [3.05, 3.63) is 136 Å². The van der Waals surface area contributed by atoms with Gasteiger partial charge in [-0.05, 0) is 28.8 Å². The lowest BCUT2D eigenvalue weighted by Gasteiger charge is -2.36. The minimum atomic E-state index is -1.16. The first-order chi connectivity index (χ1) is 21.9. The van der Waals surface area contributed by atoms with Gasteiger partial charge >= 0.3 is 5.97 Å². The third-order valence-electron chi connectivity index (χ3n) is 8.71. The van der Waals surface area contributed by atoms with Gasteiger partial charge in [-0.15, -0.1) is 0 Å². The third kappa shape index (κ3) is 4.53. The Morgan fingerprint density at radius 3 is 2.09 bits per heavy atom. The maximum atomic E-state index is 14.5. The predicted molar refractivity (Wildman–Crippen MR) is 165 cm³/mol. The van der Waals surface area contributed by atoms with E-state index in [4.69, 9.17) is 9.47 Å². The van der Waals surface area contributed by atoms with Crippen LogP contribution in [0.15, 0.2) is 109 Å². The molecule has 45 heavy (non-hydrogen) atoms. The van der Waals surface area contributed by atoms with Gasteiger partial charge in [0.2, 0.25) is 11.8 Å². The van der Waals surface area contributed by atoms with E-state index in [1.54, 1.807) is 0 Å². The first-order valence-electron chi connectivity index (χ1n) is 14.4. The number of anilines is 2. The van der Waals surface area contributed by atoms with E-state index >= 15 is 0 Å². The van der Waals surface area contributed by atoms with E-state index < -0.39 is 52.7 Å². The largest absolute Gasteiger partial charge is 0.495 e. The van der Waals surface area contributed by atoms with E-state index in [2.05, 4.69) is 0 Å². The number of esters is 1. The number of para-hydroxylation sites is 1. The van der Waals surface area contributed by atoms with Crippen LogP contribution in [0.4, 0.5) is 17.1 Å². The zero-order valence-corrected chi connectivity index (χ0v) is 24.1. The number of imide groups is 1. The number of hydrogen-bond acceptors (Lipinski definition) is 8. The molecule has 3 aliphatic heterocycles. The number of hydrogen-bond donors (Lipinski definition) is 0. The minimum Gasteiger partial charge on any atom is -0.495 e. The van der Waals surface area contributed by atoms with Gasteiger partial charge in [0.05, 0.1) is 29.9 Å². The molecule has 0 unspecified atom stereocenters. The van der Waals surface area contributed by atoms with Crippen LogP contribution in [0.1, 0.15) is 22.8 Å². The molecule has 3 heterocycles. The molecular weight excluding hydrogens is 574 g/mol. The number of benzene rings is 4. The number of fused-ring (bicyclic) bond motifs is 5. The molecule has 2 fully saturated rings. The summed E-state index contributed by atoms with van der Waals surface area (Å²) in [6, 6.07) is 28.0. The van der Waals surface area contributed by atoms with Crippen molar-refractivity contribution in [2.75, 3.05) is 16.9 Å². The number of carbonyl (C=O) groups is 3. The summed E-state index contributed by atoms with van der Waals surface area (Å²) >= 11 is 0. The molecule has 4 atom stereocenters. The van der Waals surface area contributed by atoms with Gasteiger partial charge in [-0.3, -0.25) is 19.7 Å². The molecule has 3 aliphatic rings. The normalized spacial score (nSPS) is 21.4. The fourth-order valence-corrected chi connectivity index (χ4v) is 6.76. The monoisotopic (exact) mass is 601 g/mol. The van der Waals surface area contributed by atoms with E-state index in [-0.39, 0.29) is 17.1 Å². The van der Waals surface area contributed by atoms with E-state index in [1.165, 1.54) is 19.2 Å². The van der Waals surface area contributed by atoms with E-state index in [0.717, 1.165) is 27.7 Å². The smallest absolute Gasteiger partial charge is 0.330 e. The Hall–Kier alpha value is -5.77. The number of rotatable bonds is 7. The van der Waals surface area contributed by atoms with Crippen molar-refractivity contribution in [1.82, 2.24) is 0 Å². The minimum absolute atomic E-state index is 0.0404. The topological polar surface area (TPSA) is 119 Å². The lowest BCUT2D eigenvalue weighted by molar-refractivity contribution is -0.384. The number of nitro benzene ring substituents is 1. The highest BCUT2D eigenvalue weighted by Gasteiger charge is 2.65. The van der Waals surface area contributed by atoms with E-state index in [1.807, 2.05) is 102 Å². The quantitative estimate of drug-likeness (QED) is 0.121. The molecule has 0 aliphatic carbocycles. The molecule has 0 N–H and O–H groups in total. The number of nitro groups is 1. The summed E-state index contributed by atoms with van der Waals surface area (Å²) in [6.45, 7) is 0. The zero-order valence-electron chi connectivity index (χ0n) is 24.1. The van der Waals surface area contributed by atoms with Crippen LogP contribution in [-0.2, 0) is 19.1 Å². The molecule has 0 aromatic heterocycles. The van der Waals surface area contributed by atoms with Crippen LogP contribution in [0.25, 0.3) is 6.08 Å². The molecule has 10 heteroatoms. The van der Waals surface area contributed by atoms with Crippen LogP contribution in [0.3, 0.4) is 0 Å². The van der Waals surface area contributed by atoms with Crippen LogP contribution in [0.2, 0.25) is 0 Å². The highest BCUT2D eigenvalue weighted by atomic mass is 16.6. The summed E-state index contributed by atoms with van der Waals surface area (Å²) in [5.41, 5.74) is 2.70. The van der Waals surface area contributed by atoms with Crippen molar-refractivity contribution in [3.63, 3.8) is 0 Å². The maximum Gasteiger partial charge on any atom is 0.330 e. The Kier molecular flexibility index (Phi) is 6.89. The SMILES string of the molecule is COc1ccc([N+](=O)[O-])cc1N1C(=O)[C@@H]2[C@H](C1=O)[C@@H]1C=Cc3ccccc3N1[C@@H]2C(=O)OC(c1ccccc1)c1ccccc1. The molecular formula is C35H27N3O7. The van der Waals surface area contributed by atoms with Crippen molar-refractivity contribution >= 4 is 40.9 Å². The number of methoxy groups -OCH3 is 1. The van der Waals surface area contributed by atoms with Gasteiger partial charge in [0.15, 0.2) is 6.10 Å². The second-order valence-corrected chi connectivity index (χ2v) is 11.1. The van der Waals surface area contributed by atoms with Crippen LogP contribution < -0.4 is 14.5 Å². The molecule has 0 radical (unpaired) electrons. The highest BCUT2D eigenvalue weighted by molar-refractivity contribution is 6.25. The predicted octanol–water partition coefficient (Wildman–Crippen LogP) is 5.33.